The molecule has 0 bridgehead atoms. The molecule has 0 saturated heterocycles. The monoisotopic (exact) mass is 441 g/mol. The van der Waals surface area contributed by atoms with E-state index in [0.717, 1.165) is 0 Å². The van der Waals surface area contributed by atoms with Crippen molar-refractivity contribution in [2.75, 3.05) is 19.5 Å². The Morgan fingerprint density at radius 3 is 2.34 bits per heavy atom. The highest BCUT2D eigenvalue weighted by molar-refractivity contribution is 6.05. The summed E-state index contributed by atoms with van der Waals surface area (Å²) >= 11 is 0. The van der Waals surface area contributed by atoms with Gasteiger partial charge in [-0.15, -0.1) is 0 Å². The molecule has 0 aromatic heterocycles. The highest BCUT2D eigenvalue weighted by Gasteiger charge is 2.49. The molecule has 170 valence electrons. The van der Waals surface area contributed by atoms with E-state index in [4.69, 9.17) is 14.2 Å². The number of fused-ring (bicyclic) bond motifs is 1. The molecular weight excluding hydrogens is 414 g/mol. The number of rotatable bonds is 7. The third-order valence-corrected chi connectivity index (χ3v) is 5.28. The second-order valence-corrected chi connectivity index (χ2v) is 8.54. The molecule has 1 heterocycles. The fourth-order valence-corrected chi connectivity index (χ4v) is 4.01. The molecule has 2 aromatic carbocycles. The Labute approximate surface area is 186 Å². The molecule has 1 aliphatic heterocycles. The van der Waals surface area contributed by atoms with Gasteiger partial charge >= 0.3 is 11.9 Å². The van der Waals surface area contributed by atoms with E-state index in [-0.39, 0.29) is 0 Å². The van der Waals surface area contributed by atoms with Gasteiger partial charge in [0.05, 0.1) is 20.1 Å². The van der Waals surface area contributed by atoms with Crippen molar-refractivity contribution in [1.29, 1.82) is 0 Å². The van der Waals surface area contributed by atoms with Crippen LogP contribution in [0.2, 0.25) is 0 Å². The number of para-hydroxylation sites is 1. The molecule has 0 radical (unpaired) electrons. The zero-order chi connectivity index (χ0) is 23.6. The standard InChI is InChI=1S/C24H27NO7/c1-24(2,3)32-23(29)20(22(27)28)18(15-12-13(30-4)10-11-17(15)31-5)19-14-8-6-7-9-16(14)25-21(19)26/h6-12,18-20H,1-5H3,(H,25,26)(H,27,28). The van der Waals surface area contributed by atoms with Crippen LogP contribution in [0.4, 0.5) is 5.69 Å². The molecule has 3 rings (SSSR count). The zero-order valence-electron chi connectivity index (χ0n) is 18.7. The van der Waals surface area contributed by atoms with E-state index in [2.05, 4.69) is 5.32 Å². The summed E-state index contributed by atoms with van der Waals surface area (Å²) in [4.78, 5) is 38.7. The van der Waals surface area contributed by atoms with Gasteiger partial charge < -0.3 is 24.6 Å². The lowest BCUT2D eigenvalue weighted by molar-refractivity contribution is -0.168. The molecule has 0 spiro atoms. The molecule has 8 heteroatoms. The zero-order valence-corrected chi connectivity index (χ0v) is 18.7. The summed E-state index contributed by atoms with van der Waals surface area (Å²) in [5, 5.41) is 12.9. The van der Waals surface area contributed by atoms with Gasteiger partial charge in [0.15, 0.2) is 5.92 Å². The van der Waals surface area contributed by atoms with E-state index in [9.17, 15) is 19.5 Å². The summed E-state index contributed by atoms with van der Waals surface area (Å²) in [7, 11) is 2.91. The highest BCUT2D eigenvalue weighted by Crippen LogP contribution is 2.49. The second kappa shape index (κ2) is 8.90. The molecule has 2 aromatic rings. The number of amides is 1. The number of carboxylic acid groups (broad SMARTS) is 1. The molecule has 0 saturated carbocycles. The van der Waals surface area contributed by atoms with Crippen LogP contribution in [-0.4, -0.2) is 42.8 Å². The number of aliphatic carboxylic acids is 1. The van der Waals surface area contributed by atoms with Gasteiger partial charge in [0.2, 0.25) is 5.91 Å². The van der Waals surface area contributed by atoms with Crippen molar-refractivity contribution < 1.29 is 33.7 Å². The van der Waals surface area contributed by atoms with Gasteiger partial charge in [0, 0.05) is 17.2 Å². The minimum Gasteiger partial charge on any atom is -0.497 e. The maximum atomic E-state index is 13.1. The van der Waals surface area contributed by atoms with Crippen LogP contribution in [0.5, 0.6) is 11.5 Å². The van der Waals surface area contributed by atoms with Crippen LogP contribution in [0, 0.1) is 5.92 Å². The van der Waals surface area contributed by atoms with Crippen LogP contribution >= 0.6 is 0 Å². The maximum absolute atomic E-state index is 13.1. The van der Waals surface area contributed by atoms with E-state index in [1.165, 1.54) is 14.2 Å². The first-order valence-corrected chi connectivity index (χ1v) is 10.1. The number of carboxylic acids is 1. The number of anilines is 1. The van der Waals surface area contributed by atoms with E-state index < -0.39 is 41.2 Å². The lowest BCUT2D eigenvalue weighted by atomic mass is 9.73. The fraction of sp³-hybridized carbons (Fsp3) is 0.375. The predicted octanol–water partition coefficient (Wildman–Crippen LogP) is 3.57. The van der Waals surface area contributed by atoms with E-state index in [1.807, 2.05) is 0 Å². The molecule has 1 aliphatic rings. The molecular formula is C24H27NO7. The number of nitrogens with one attached hydrogen (secondary N) is 1. The number of hydrogen-bond acceptors (Lipinski definition) is 6. The van der Waals surface area contributed by atoms with Crippen molar-refractivity contribution >= 4 is 23.5 Å². The Bertz CT molecular complexity index is 1040. The normalized spacial score (nSPS) is 17.0. The Hall–Kier alpha value is -3.55. The summed E-state index contributed by atoms with van der Waals surface area (Å²) in [5.74, 6) is -5.71. The molecule has 8 nitrogen and oxygen atoms in total. The summed E-state index contributed by atoms with van der Waals surface area (Å²) in [6.07, 6.45) is 0. The third kappa shape index (κ3) is 4.54. The number of methoxy groups -OCH3 is 2. The number of ether oxygens (including phenoxy) is 3. The molecule has 32 heavy (non-hydrogen) atoms. The highest BCUT2D eigenvalue weighted by atomic mass is 16.6. The molecule has 0 aliphatic carbocycles. The fourth-order valence-electron chi connectivity index (χ4n) is 4.01. The molecule has 0 fully saturated rings. The second-order valence-electron chi connectivity index (χ2n) is 8.54. The lowest BCUT2D eigenvalue weighted by Gasteiger charge is -2.31. The first-order chi connectivity index (χ1) is 15.1. The van der Waals surface area contributed by atoms with Crippen molar-refractivity contribution in [3.8, 4) is 11.5 Å². The minimum atomic E-state index is -1.67. The van der Waals surface area contributed by atoms with Crippen molar-refractivity contribution in [3.05, 3.63) is 53.6 Å². The van der Waals surface area contributed by atoms with Gasteiger partial charge in [-0.05, 0) is 50.6 Å². The Kier molecular flexibility index (Phi) is 6.43. The van der Waals surface area contributed by atoms with Gasteiger partial charge in [-0.2, -0.15) is 0 Å². The van der Waals surface area contributed by atoms with Crippen LogP contribution in [0.3, 0.4) is 0 Å². The van der Waals surface area contributed by atoms with Crippen LogP contribution in [-0.2, 0) is 19.1 Å². The van der Waals surface area contributed by atoms with E-state index in [1.54, 1.807) is 63.2 Å². The molecule has 3 unspecified atom stereocenters. The number of benzene rings is 2. The van der Waals surface area contributed by atoms with Crippen LogP contribution in [0.1, 0.15) is 43.7 Å². The first kappa shape index (κ1) is 23.1. The van der Waals surface area contributed by atoms with Crippen LogP contribution in [0.15, 0.2) is 42.5 Å². The predicted molar refractivity (Wildman–Crippen MR) is 117 cm³/mol. The van der Waals surface area contributed by atoms with Crippen LogP contribution in [0.25, 0.3) is 0 Å². The van der Waals surface area contributed by atoms with Crippen molar-refractivity contribution in [2.45, 2.75) is 38.2 Å². The Balaban J connectivity index is 2.26. The quantitative estimate of drug-likeness (QED) is 0.499. The maximum Gasteiger partial charge on any atom is 0.321 e. The van der Waals surface area contributed by atoms with E-state index in [0.29, 0.717) is 28.3 Å². The summed E-state index contributed by atoms with van der Waals surface area (Å²) in [5.41, 5.74) is 0.621. The van der Waals surface area contributed by atoms with Crippen molar-refractivity contribution in [1.82, 2.24) is 0 Å². The average molecular weight is 441 g/mol. The van der Waals surface area contributed by atoms with Gasteiger partial charge in [-0.25, -0.2) is 0 Å². The number of esters is 1. The molecule has 2 N–H and O–H groups in total. The average Bonchev–Trinajstić information content (AvgIpc) is 3.05. The smallest absolute Gasteiger partial charge is 0.321 e. The van der Waals surface area contributed by atoms with Gasteiger partial charge in [0.1, 0.15) is 17.1 Å². The number of carbonyl (C=O) groups excluding carboxylic acids is 2. The summed E-state index contributed by atoms with van der Waals surface area (Å²) < 4.78 is 16.3. The molecule has 1 amide bonds. The number of carbonyl (C=O) groups is 3. The van der Waals surface area contributed by atoms with Crippen molar-refractivity contribution in [2.24, 2.45) is 5.92 Å². The largest absolute Gasteiger partial charge is 0.497 e. The Morgan fingerprint density at radius 1 is 1.06 bits per heavy atom. The summed E-state index contributed by atoms with van der Waals surface area (Å²) in [6.45, 7) is 4.97. The Morgan fingerprint density at radius 2 is 1.75 bits per heavy atom. The van der Waals surface area contributed by atoms with Gasteiger partial charge in [-0.3, -0.25) is 14.4 Å². The van der Waals surface area contributed by atoms with Crippen LogP contribution < -0.4 is 14.8 Å². The van der Waals surface area contributed by atoms with Gasteiger partial charge in [0.25, 0.3) is 0 Å². The molecule has 3 atom stereocenters. The lowest BCUT2D eigenvalue weighted by Crippen LogP contribution is -2.39. The number of hydrogen-bond donors (Lipinski definition) is 2. The van der Waals surface area contributed by atoms with E-state index >= 15 is 0 Å². The third-order valence-electron chi connectivity index (χ3n) is 5.28. The van der Waals surface area contributed by atoms with Crippen molar-refractivity contribution in [3.63, 3.8) is 0 Å². The first-order valence-electron chi connectivity index (χ1n) is 10.1. The SMILES string of the molecule is COc1ccc(OC)c(C(C(C(=O)O)C(=O)OC(C)(C)C)C2C(=O)Nc3ccccc32)c1. The topological polar surface area (TPSA) is 111 Å². The van der Waals surface area contributed by atoms with Gasteiger partial charge in [-0.1, -0.05) is 18.2 Å². The summed E-state index contributed by atoms with van der Waals surface area (Å²) in [6, 6.07) is 11.9. The minimum absolute atomic E-state index is 0.336.